The molecule has 0 aliphatic rings. The molecule has 136 valence electrons. The van der Waals surface area contributed by atoms with Crippen LogP contribution in [0.4, 0.5) is 0 Å². The molecule has 0 fully saturated rings. The summed E-state index contributed by atoms with van der Waals surface area (Å²) in [6.07, 6.45) is 0. The van der Waals surface area contributed by atoms with E-state index in [1.807, 2.05) is 45.0 Å². The third kappa shape index (κ3) is 3.60. The normalized spacial score (nSPS) is 11.1. The van der Waals surface area contributed by atoms with Crippen molar-refractivity contribution in [3.05, 3.63) is 39.6 Å². The van der Waals surface area contributed by atoms with Gasteiger partial charge in [-0.1, -0.05) is 0 Å². The van der Waals surface area contributed by atoms with Gasteiger partial charge in [0.15, 0.2) is 5.52 Å². The number of rotatable bonds is 5. The molecule has 1 N–H and O–H groups in total. The second kappa shape index (κ2) is 7.25. The molecule has 26 heavy (non-hydrogen) atoms. The number of nitrogens with zero attached hydrogens (tertiary/aromatic N) is 3. The van der Waals surface area contributed by atoms with Crippen LogP contribution in [0.3, 0.4) is 0 Å². The highest BCUT2D eigenvalue weighted by molar-refractivity contribution is 7.19. The number of carbonyl (C=O) groups is 1. The van der Waals surface area contributed by atoms with Gasteiger partial charge in [0.25, 0.3) is 5.56 Å². The van der Waals surface area contributed by atoms with E-state index < -0.39 is 0 Å². The fourth-order valence-electron chi connectivity index (χ4n) is 2.61. The standard InChI is InChI=1S/C18H20N4O3S/c1-10(2)19-14(23)9-22-18(24)16-17(26-11(3)20-16)15(21-22)12-5-7-13(25-4)8-6-12/h5-8,10H,9H2,1-4H3,(H,19,23). The molecule has 0 radical (unpaired) electrons. The van der Waals surface area contributed by atoms with E-state index >= 15 is 0 Å². The van der Waals surface area contributed by atoms with E-state index in [9.17, 15) is 9.59 Å². The molecule has 0 unspecified atom stereocenters. The summed E-state index contributed by atoms with van der Waals surface area (Å²) in [5.41, 5.74) is 1.44. The predicted molar refractivity (Wildman–Crippen MR) is 102 cm³/mol. The Morgan fingerprint density at radius 3 is 2.62 bits per heavy atom. The minimum absolute atomic E-state index is 0.00971. The number of nitrogens with one attached hydrogen (secondary N) is 1. The van der Waals surface area contributed by atoms with Crippen LogP contribution in [-0.4, -0.2) is 33.8 Å². The van der Waals surface area contributed by atoms with Gasteiger partial charge in [-0.15, -0.1) is 11.3 Å². The number of amides is 1. The quantitative estimate of drug-likeness (QED) is 0.743. The Hall–Kier alpha value is -2.74. The average molecular weight is 372 g/mol. The molecule has 1 amide bonds. The zero-order chi connectivity index (χ0) is 18.8. The van der Waals surface area contributed by atoms with E-state index in [-0.39, 0.29) is 24.1 Å². The fourth-order valence-corrected chi connectivity index (χ4v) is 3.53. The summed E-state index contributed by atoms with van der Waals surface area (Å²) in [6.45, 7) is 5.43. The summed E-state index contributed by atoms with van der Waals surface area (Å²) < 4.78 is 7.09. The van der Waals surface area contributed by atoms with E-state index in [1.165, 1.54) is 16.0 Å². The van der Waals surface area contributed by atoms with Crippen molar-refractivity contribution in [1.82, 2.24) is 20.1 Å². The molecule has 8 heteroatoms. The van der Waals surface area contributed by atoms with Gasteiger partial charge in [-0.3, -0.25) is 9.59 Å². The van der Waals surface area contributed by atoms with Crippen LogP contribution in [0.1, 0.15) is 18.9 Å². The van der Waals surface area contributed by atoms with E-state index in [4.69, 9.17) is 4.74 Å². The molecule has 0 aliphatic carbocycles. The predicted octanol–water partition coefficient (Wildman–Crippen LogP) is 2.36. The van der Waals surface area contributed by atoms with Crippen LogP contribution in [0.25, 0.3) is 21.5 Å². The van der Waals surface area contributed by atoms with E-state index in [0.717, 1.165) is 21.0 Å². The zero-order valence-electron chi connectivity index (χ0n) is 15.1. The maximum Gasteiger partial charge on any atom is 0.294 e. The lowest BCUT2D eigenvalue weighted by molar-refractivity contribution is -0.122. The molecule has 0 saturated heterocycles. The van der Waals surface area contributed by atoms with Crippen molar-refractivity contribution in [2.75, 3.05) is 7.11 Å². The van der Waals surface area contributed by atoms with Crippen molar-refractivity contribution in [2.24, 2.45) is 0 Å². The number of methoxy groups -OCH3 is 1. The minimum Gasteiger partial charge on any atom is -0.497 e. The first-order valence-corrected chi connectivity index (χ1v) is 9.02. The van der Waals surface area contributed by atoms with E-state index in [0.29, 0.717) is 11.2 Å². The molecule has 0 aliphatic heterocycles. The topological polar surface area (TPSA) is 86.1 Å². The van der Waals surface area contributed by atoms with Crippen molar-refractivity contribution in [2.45, 2.75) is 33.4 Å². The van der Waals surface area contributed by atoms with Gasteiger partial charge < -0.3 is 10.1 Å². The van der Waals surface area contributed by atoms with Crippen molar-refractivity contribution in [3.63, 3.8) is 0 Å². The summed E-state index contributed by atoms with van der Waals surface area (Å²) in [6, 6.07) is 7.40. The number of benzene rings is 1. The number of hydrogen-bond donors (Lipinski definition) is 1. The third-order valence-electron chi connectivity index (χ3n) is 3.71. The Kier molecular flexibility index (Phi) is 5.03. The number of hydrogen-bond acceptors (Lipinski definition) is 6. The summed E-state index contributed by atoms with van der Waals surface area (Å²) in [5, 5.41) is 8.01. The van der Waals surface area contributed by atoms with Gasteiger partial charge in [-0.25, -0.2) is 9.67 Å². The summed E-state index contributed by atoms with van der Waals surface area (Å²) >= 11 is 1.42. The lowest BCUT2D eigenvalue weighted by Crippen LogP contribution is -2.37. The van der Waals surface area contributed by atoms with Crippen LogP contribution in [0.5, 0.6) is 5.75 Å². The van der Waals surface area contributed by atoms with Gasteiger partial charge in [-0.2, -0.15) is 5.10 Å². The Bertz CT molecular complexity index is 1010. The van der Waals surface area contributed by atoms with Crippen molar-refractivity contribution in [3.8, 4) is 17.0 Å². The Morgan fingerprint density at radius 2 is 2.00 bits per heavy atom. The van der Waals surface area contributed by atoms with E-state index in [1.54, 1.807) is 7.11 Å². The monoisotopic (exact) mass is 372 g/mol. The van der Waals surface area contributed by atoms with Gasteiger partial charge in [0.2, 0.25) is 5.91 Å². The SMILES string of the molecule is COc1ccc(-c2nn(CC(=O)NC(C)C)c(=O)c3nc(C)sc23)cc1. The van der Waals surface area contributed by atoms with Crippen LogP contribution in [0.15, 0.2) is 29.1 Å². The number of thiazole rings is 1. The first-order chi connectivity index (χ1) is 12.4. The Labute approximate surface area is 154 Å². The van der Waals surface area contributed by atoms with Gasteiger partial charge in [-0.05, 0) is 45.0 Å². The Morgan fingerprint density at radius 1 is 1.31 bits per heavy atom. The minimum atomic E-state index is -0.361. The molecule has 1 aromatic carbocycles. The number of carbonyl (C=O) groups excluding carboxylic acids is 1. The molecule has 0 spiro atoms. The van der Waals surface area contributed by atoms with Crippen molar-refractivity contribution in [1.29, 1.82) is 0 Å². The summed E-state index contributed by atoms with van der Waals surface area (Å²) in [7, 11) is 1.60. The lowest BCUT2D eigenvalue weighted by atomic mass is 10.1. The third-order valence-corrected chi connectivity index (χ3v) is 4.69. The molecule has 2 heterocycles. The molecule has 3 aromatic rings. The number of fused-ring (bicyclic) bond motifs is 1. The Balaban J connectivity index is 2.13. The van der Waals surface area contributed by atoms with Gasteiger partial charge >= 0.3 is 0 Å². The van der Waals surface area contributed by atoms with Gasteiger partial charge in [0.05, 0.1) is 16.8 Å². The number of ether oxygens (including phenoxy) is 1. The maximum absolute atomic E-state index is 12.7. The molecule has 7 nitrogen and oxygen atoms in total. The highest BCUT2D eigenvalue weighted by atomic mass is 32.1. The lowest BCUT2D eigenvalue weighted by Gasteiger charge is -2.11. The molecule has 3 rings (SSSR count). The first kappa shape index (κ1) is 18.1. The highest BCUT2D eigenvalue weighted by Gasteiger charge is 2.18. The van der Waals surface area contributed by atoms with Crippen LogP contribution in [-0.2, 0) is 11.3 Å². The second-order valence-corrected chi connectivity index (χ2v) is 7.38. The molecular weight excluding hydrogens is 352 g/mol. The second-order valence-electron chi connectivity index (χ2n) is 6.17. The number of aromatic nitrogens is 3. The van der Waals surface area contributed by atoms with Gasteiger partial charge in [0, 0.05) is 11.6 Å². The first-order valence-electron chi connectivity index (χ1n) is 8.21. The molecule has 0 atom stereocenters. The fraction of sp³-hybridized carbons (Fsp3) is 0.333. The van der Waals surface area contributed by atoms with Crippen LogP contribution in [0.2, 0.25) is 0 Å². The largest absolute Gasteiger partial charge is 0.497 e. The van der Waals surface area contributed by atoms with Crippen molar-refractivity contribution < 1.29 is 9.53 Å². The van der Waals surface area contributed by atoms with Crippen LogP contribution < -0.4 is 15.6 Å². The highest BCUT2D eigenvalue weighted by Crippen LogP contribution is 2.30. The molecule has 2 aromatic heterocycles. The van der Waals surface area contributed by atoms with E-state index in [2.05, 4.69) is 15.4 Å². The molecule has 0 saturated carbocycles. The van der Waals surface area contributed by atoms with Crippen molar-refractivity contribution >= 4 is 27.5 Å². The molecular formula is C18H20N4O3S. The summed E-state index contributed by atoms with van der Waals surface area (Å²) in [4.78, 5) is 29.1. The molecule has 0 bridgehead atoms. The van der Waals surface area contributed by atoms with Crippen LogP contribution >= 0.6 is 11.3 Å². The number of aryl methyl sites for hydroxylation is 1. The zero-order valence-corrected chi connectivity index (χ0v) is 15.9. The maximum atomic E-state index is 12.7. The van der Waals surface area contributed by atoms with Crippen LogP contribution in [0, 0.1) is 6.92 Å². The average Bonchev–Trinajstić information content (AvgIpc) is 2.99. The smallest absolute Gasteiger partial charge is 0.294 e. The van der Waals surface area contributed by atoms with Gasteiger partial charge in [0.1, 0.15) is 18.0 Å². The summed E-state index contributed by atoms with van der Waals surface area (Å²) in [5.74, 6) is 0.469.